The number of amides is 4. The van der Waals surface area contributed by atoms with Gasteiger partial charge in [0.15, 0.2) is 6.61 Å². The molecule has 0 bridgehead atoms. The number of hydrogen-bond donors (Lipinski definition) is 1. The maximum Gasteiger partial charge on any atom is 0.326 e. The Bertz CT molecular complexity index is 879. The van der Waals surface area contributed by atoms with Gasteiger partial charge in [-0.05, 0) is 31.7 Å². The molecule has 1 heterocycles. The molecule has 4 amide bonds. The highest BCUT2D eigenvalue weighted by Crippen LogP contribution is 2.35. The molecule has 0 aromatic heterocycles. The maximum atomic E-state index is 13.9. The summed E-state index contributed by atoms with van der Waals surface area (Å²) in [5, 5.41) is 2.69. The van der Waals surface area contributed by atoms with Crippen LogP contribution in [0.4, 0.5) is 9.18 Å². The standard InChI is InChI=1S/C21H24FN3O5/c22-16-6-2-1-5-14(16)11-24(15-7-8-15)17(26)13-30-18(27)12-25-19(28)21(23-20(25)29)9-3-4-10-21/h1-2,5-6,15H,3-4,7-13H2,(H,23,29). The van der Waals surface area contributed by atoms with Crippen molar-refractivity contribution in [3.63, 3.8) is 0 Å². The van der Waals surface area contributed by atoms with Gasteiger partial charge in [0, 0.05) is 18.2 Å². The summed E-state index contributed by atoms with van der Waals surface area (Å²) >= 11 is 0. The van der Waals surface area contributed by atoms with Crippen molar-refractivity contribution in [3.8, 4) is 0 Å². The third-order valence-corrected chi connectivity index (χ3v) is 5.95. The molecular formula is C21H24FN3O5. The molecule has 0 atom stereocenters. The number of urea groups is 1. The molecule has 0 radical (unpaired) electrons. The van der Waals surface area contributed by atoms with Crippen molar-refractivity contribution in [2.24, 2.45) is 0 Å². The molecule has 30 heavy (non-hydrogen) atoms. The summed E-state index contributed by atoms with van der Waals surface area (Å²) in [7, 11) is 0. The molecule has 1 aromatic carbocycles. The normalized spacial score (nSPS) is 19.8. The molecular weight excluding hydrogens is 393 g/mol. The molecule has 2 aliphatic carbocycles. The second-order valence-electron chi connectivity index (χ2n) is 8.12. The molecule has 3 fully saturated rings. The van der Waals surface area contributed by atoms with Gasteiger partial charge in [-0.15, -0.1) is 0 Å². The number of ether oxygens (including phenoxy) is 1. The molecule has 0 unspecified atom stereocenters. The van der Waals surface area contributed by atoms with Gasteiger partial charge in [-0.3, -0.25) is 19.3 Å². The van der Waals surface area contributed by atoms with Crippen LogP contribution in [-0.2, 0) is 25.7 Å². The monoisotopic (exact) mass is 417 g/mol. The third kappa shape index (κ3) is 4.01. The van der Waals surface area contributed by atoms with Crippen LogP contribution in [0, 0.1) is 5.82 Å². The average molecular weight is 417 g/mol. The summed E-state index contributed by atoms with van der Waals surface area (Å²) in [6.45, 7) is -0.946. The topological polar surface area (TPSA) is 96.0 Å². The second kappa shape index (κ2) is 8.04. The fourth-order valence-corrected chi connectivity index (χ4v) is 4.15. The number of nitrogens with one attached hydrogen (secondary N) is 1. The van der Waals surface area contributed by atoms with E-state index in [0.717, 1.165) is 30.6 Å². The Balaban J connectivity index is 1.31. The SMILES string of the molecule is O=C(CN1C(=O)NC2(CCCC2)C1=O)OCC(=O)N(Cc1ccccc1F)C1CC1. The van der Waals surface area contributed by atoms with E-state index in [0.29, 0.717) is 18.4 Å². The average Bonchev–Trinajstić information content (AvgIpc) is 3.41. The Morgan fingerprint density at radius 3 is 2.57 bits per heavy atom. The van der Waals surface area contributed by atoms with E-state index < -0.39 is 48.3 Å². The third-order valence-electron chi connectivity index (χ3n) is 5.95. The number of carbonyl (C=O) groups is 4. The van der Waals surface area contributed by atoms with Crippen LogP contribution in [0.25, 0.3) is 0 Å². The summed E-state index contributed by atoms with van der Waals surface area (Å²) in [6.07, 6.45) is 4.45. The van der Waals surface area contributed by atoms with E-state index >= 15 is 0 Å². The summed E-state index contributed by atoms with van der Waals surface area (Å²) < 4.78 is 19.0. The summed E-state index contributed by atoms with van der Waals surface area (Å²) in [5.74, 6) is -2.07. The van der Waals surface area contributed by atoms with Gasteiger partial charge in [0.1, 0.15) is 17.9 Å². The van der Waals surface area contributed by atoms with Gasteiger partial charge in [-0.25, -0.2) is 9.18 Å². The molecule has 1 aromatic rings. The first-order chi connectivity index (χ1) is 14.4. The number of rotatable bonds is 7. The van der Waals surface area contributed by atoms with Crippen LogP contribution in [0.5, 0.6) is 0 Å². The van der Waals surface area contributed by atoms with Crippen LogP contribution in [0.2, 0.25) is 0 Å². The van der Waals surface area contributed by atoms with Gasteiger partial charge in [-0.1, -0.05) is 31.0 Å². The van der Waals surface area contributed by atoms with Gasteiger partial charge in [0.05, 0.1) is 0 Å². The van der Waals surface area contributed by atoms with E-state index in [9.17, 15) is 23.6 Å². The predicted molar refractivity (Wildman–Crippen MR) is 102 cm³/mol. The molecule has 1 aliphatic heterocycles. The highest BCUT2D eigenvalue weighted by Gasteiger charge is 2.52. The molecule has 1 N–H and O–H groups in total. The molecule has 8 nitrogen and oxygen atoms in total. The van der Waals surface area contributed by atoms with Crippen LogP contribution < -0.4 is 5.32 Å². The quantitative estimate of drug-likeness (QED) is 0.538. The van der Waals surface area contributed by atoms with Gasteiger partial charge in [0.25, 0.3) is 11.8 Å². The van der Waals surface area contributed by atoms with Crippen LogP contribution in [-0.4, -0.2) is 58.3 Å². The Labute approximate surface area is 173 Å². The Hall–Kier alpha value is -2.97. The molecule has 9 heteroatoms. The van der Waals surface area contributed by atoms with E-state index in [1.165, 1.54) is 11.0 Å². The van der Waals surface area contributed by atoms with Crippen molar-refractivity contribution in [2.45, 2.75) is 56.7 Å². The minimum absolute atomic E-state index is 0.00368. The minimum atomic E-state index is -0.893. The van der Waals surface area contributed by atoms with Crippen molar-refractivity contribution >= 4 is 23.8 Å². The minimum Gasteiger partial charge on any atom is -0.454 e. The predicted octanol–water partition coefficient (Wildman–Crippen LogP) is 1.72. The Morgan fingerprint density at radius 1 is 1.20 bits per heavy atom. The molecule has 3 aliphatic rings. The lowest BCUT2D eigenvalue weighted by atomic mass is 9.98. The van der Waals surface area contributed by atoms with E-state index in [2.05, 4.69) is 5.32 Å². The van der Waals surface area contributed by atoms with E-state index in [4.69, 9.17) is 4.74 Å². The molecule has 1 spiro atoms. The van der Waals surface area contributed by atoms with Crippen LogP contribution >= 0.6 is 0 Å². The smallest absolute Gasteiger partial charge is 0.326 e. The molecule has 160 valence electrons. The Kier molecular flexibility index (Phi) is 5.44. The number of imide groups is 1. The molecule has 4 rings (SSSR count). The number of esters is 1. The lowest BCUT2D eigenvalue weighted by Crippen LogP contribution is -2.44. The zero-order chi connectivity index (χ0) is 21.3. The van der Waals surface area contributed by atoms with Crippen LogP contribution in [0.1, 0.15) is 44.1 Å². The maximum absolute atomic E-state index is 13.9. The van der Waals surface area contributed by atoms with Crippen molar-refractivity contribution in [1.29, 1.82) is 0 Å². The second-order valence-corrected chi connectivity index (χ2v) is 8.12. The lowest BCUT2D eigenvalue weighted by Gasteiger charge is -2.23. The van der Waals surface area contributed by atoms with Gasteiger partial charge >= 0.3 is 12.0 Å². The Morgan fingerprint density at radius 2 is 1.90 bits per heavy atom. The summed E-state index contributed by atoms with van der Waals surface area (Å²) in [4.78, 5) is 51.9. The number of carbonyl (C=O) groups excluding carboxylic acids is 4. The number of nitrogens with zero attached hydrogens (tertiary/aromatic N) is 2. The van der Waals surface area contributed by atoms with Crippen molar-refractivity contribution in [2.75, 3.05) is 13.2 Å². The van der Waals surface area contributed by atoms with Crippen molar-refractivity contribution in [3.05, 3.63) is 35.6 Å². The fraction of sp³-hybridized carbons (Fsp3) is 0.524. The number of benzene rings is 1. The number of halogens is 1. The zero-order valence-electron chi connectivity index (χ0n) is 16.6. The van der Waals surface area contributed by atoms with Crippen LogP contribution in [0.3, 0.4) is 0 Å². The first-order valence-electron chi connectivity index (χ1n) is 10.2. The van der Waals surface area contributed by atoms with E-state index in [1.54, 1.807) is 18.2 Å². The summed E-state index contributed by atoms with van der Waals surface area (Å²) in [6, 6.07) is 5.62. The van der Waals surface area contributed by atoms with Gasteiger partial charge < -0.3 is 15.0 Å². The highest BCUT2D eigenvalue weighted by atomic mass is 19.1. The zero-order valence-corrected chi connectivity index (χ0v) is 16.6. The van der Waals surface area contributed by atoms with E-state index in [1.807, 2.05) is 0 Å². The fourth-order valence-electron chi connectivity index (χ4n) is 4.15. The van der Waals surface area contributed by atoms with Crippen molar-refractivity contribution in [1.82, 2.24) is 15.1 Å². The van der Waals surface area contributed by atoms with Crippen molar-refractivity contribution < 1.29 is 28.3 Å². The first-order valence-corrected chi connectivity index (χ1v) is 10.2. The van der Waals surface area contributed by atoms with E-state index in [-0.39, 0.29) is 12.6 Å². The largest absolute Gasteiger partial charge is 0.454 e. The molecule has 2 saturated carbocycles. The van der Waals surface area contributed by atoms with Gasteiger partial charge in [-0.2, -0.15) is 0 Å². The van der Waals surface area contributed by atoms with Crippen LogP contribution in [0.15, 0.2) is 24.3 Å². The summed E-state index contributed by atoms with van der Waals surface area (Å²) in [5.41, 5.74) is -0.499. The highest BCUT2D eigenvalue weighted by molar-refractivity contribution is 6.08. The number of hydrogen-bond acceptors (Lipinski definition) is 5. The molecule has 1 saturated heterocycles. The lowest BCUT2D eigenvalue weighted by molar-refractivity contribution is -0.154. The first kappa shape index (κ1) is 20.3. The van der Waals surface area contributed by atoms with Gasteiger partial charge in [0.2, 0.25) is 0 Å².